The lowest BCUT2D eigenvalue weighted by Crippen LogP contribution is -2.47. The van der Waals surface area contributed by atoms with E-state index in [0.29, 0.717) is 13.1 Å². The molecular formula is C13H30N2O2. The Labute approximate surface area is 106 Å². The Hall–Kier alpha value is -0.160. The van der Waals surface area contributed by atoms with Gasteiger partial charge in [0.2, 0.25) is 0 Å². The topological polar surface area (TPSA) is 64.5 Å². The minimum absolute atomic E-state index is 0.0230. The van der Waals surface area contributed by atoms with Crippen LogP contribution in [0.1, 0.15) is 47.5 Å². The average molecular weight is 246 g/mol. The van der Waals surface area contributed by atoms with Crippen molar-refractivity contribution in [2.24, 2.45) is 0 Å². The summed E-state index contributed by atoms with van der Waals surface area (Å²) in [5.74, 6) is 0. The fourth-order valence-electron chi connectivity index (χ4n) is 1.62. The van der Waals surface area contributed by atoms with Gasteiger partial charge >= 0.3 is 0 Å². The van der Waals surface area contributed by atoms with Crippen LogP contribution in [0.15, 0.2) is 0 Å². The molecule has 0 aromatic carbocycles. The molecule has 0 rings (SSSR count). The van der Waals surface area contributed by atoms with Crippen molar-refractivity contribution in [1.29, 1.82) is 0 Å². The Kier molecular flexibility index (Phi) is 7.24. The minimum Gasteiger partial charge on any atom is -0.395 e. The average Bonchev–Trinajstić information content (AvgIpc) is 2.22. The van der Waals surface area contributed by atoms with Gasteiger partial charge in [-0.15, -0.1) is 0 Å². The standard InChI is InChI=1S/C13H30N2O2/c1-11(17)10-15-13(4,5)7-6-12(2,3)14-8-9-16/h11,14-17H,6-10H2,1-5H3. The summed E-state index contributed by atoms with van der Waals surface area (Å²) in [5, 5.41) is 24.7. The van der Waals surface area contributed by atoms with E-state index >= 15 is 0 Å². The Morgan fingerprint density at radius 3 is 1.88 bits per heavy atom. The first-order valence-electron chi connectivity index (χ1n) is 6.47. The van der Waals surface area contributed by atoms with Gasteiger partial charge in [0.15, 0.2) is 0 Å². The highest BCUT2D eigenvalue weighted by molar-refractivity contribution is 4.85. The molecule has 0 amide bonds. The van der Waals surface area contributed by atoms with Gasteiger partial charge in [-0.2, -0.15) is 0 Å². The maximum Gasteiger partial charge on any atom is 0.0636 e. The molecule has 1 unspecified atom stereocenters. The summed E-state index contributed by atoms with van der Waals surface area (Å²) in [6.45, 7) is 11.8. The van der Waals surface area contributed by atoms with Crippen molar-refractivity contribution in [2.45, 2.75) is 64.6 Å². The lowest BCUT2D eigenvalue weighted by molar-refractivity contribution is 0.170. The molecule has 0 aliphatic heterocycles. The zero-order valence-corrected chi connectivity index (χ0v) is 12.0. The predicted octanol–water partition coefficient (Wildman–Crippen LogP) is 0.876. The lowest BCUT2D eigenvalue weighted by atomic mass is 9.89. The second kappa shape index (κ2) is 7.31. The van der Waals surface area contributed by atoms with Crippen molar-refractivity contribution in [3.8, 4) is 0 Å². The first-order valence-corrected chi connectivity index (χ1v) is 6.47. The van der Waals surface area contributed by atoms with Gasteiger partial charge in [0.25, 0.3) is 0 Å². The zero-order valence-electron chi connectivity index (χ0n) is 12.0. The van der Waals surface area contributed by atoms with Gasteiger partial charge in [0.1, 0.15) is 0 Å². The summed E-state index contributed by atoms with van der Waals surface area (Å²) < 4.78 is 0. The summed E-state index contributed by atoms with van der Waals surface area (Å²) in [6, 6.07) is 0. The first-order chi connectivity index (χ1) is 7.68. The van der Waals surface area contributed by atoms with Crippen LogP contribution < -0.4 is 10.6 Å². The van der Waals surface area contributed by atoms with Crippen molar-refractivity contribution in [2.75, 3.05) is 19.7 Å². The van der Waals surface area contributed by atoms with Crippen molar-refractivity contribution in [1.82, 2.24) is 10.6 Å². The smallest absolute Gasteiger partial charge is 0.0636 e. The number of rotatable bonds is 9. The molecule has 17 heavy (non-hydrogen) atoms. The molecule has 0 saturated carbocycles. The van der Waals surface area contributed by atoms with E-state index in [1.165, 1.54) is 0 Å². The SMILES string of the molecule is CC(O)CNC(C)(C)CCC(C)(C)NCCO. The predicted molar refractivity (Wildman–Crippen MR) is 72.2 cm³/mol. The van der Waals surface area contributed by atoms with Gasteiger partial charge in [-0.05, 0) is 47.5 Å². The van der Waals surface area contributed by atoms with E-state index in [1.807, 2.05) is 0 Å². The molecule has 0 saturated heterocycles. The van der Waals surface area contributed by atoms with E-state index in [0.717, 1.165) is 12.8 Å². The van der Waals surface area contributed by atoms with Gasteiger partial charge in [0.05, 0.1) is 12.7 Å². The molecule has 4 heteroatoms. The van der Waals surface area contributed by atoms with E-state index in [1.54, 1.807) is 6.92 Å². The van der Waals surface area contributed by atoms with Crippen molar-refractivity contribution in [3.63, 3.8) is 0 Å². The molecule has 0 fully saturated rings. The summed E-state index contributed by atoms with van der Waals surface area (Å²) in [6.07, 6.45) is 1.73. The van der Waals surface area contributed by atoms with E-state index in [4.69, 9.17) is 5.11 Å². The van der Waals surface area contributed by atoms with Crippen LogP contribution in [0.4, 0.5) is 0 Å². The molecule has 0 aromatic heterocycles. The van der Waals surface area contributed by atoms with Crippen LogP contribution in [0, 0.1) is 0 Å². The Morgan fingerprint density at radius 2 is 1.47 bits per heavy atom. The van der Waals surface area contributed by atoms with Crippen LogP contribution in [0.3, 0.4) is 0 Å². The molecule has 4 nitrogen and oxygen atoms in total. The summed E-state index contributed by atoms with van der Waals surface area (Å²) >= 11 is 0. The fourth-order valence-corrected chi connectivity index (χ4v) is 1.62. The van der Waals surface area contributed by atoms with Crippen molar-refractivity contribution < 1.29 is 10.2 Å². The van der Waals surface area contributed by atoms with E-state index in [-0.39, 0.29) is 23.8 Å². The number of aliphatic hydroxyl groups is 2. The van der Waals surface area contributed by atoms with Gasteiger partial charge in [-0.3, -0.25) is 0 Å². The largest absolute Gasteiger partial charge is 0.395 e. The normalized spacial score (nSPS) is 15.0. The second-order valence-electron chi connectivity index (χ2n) is 6.15. The number of β-amino-alcohol motifs (C(OH)–C–C–N with tert-alkyl or cyclic N) is 2. The Bertz CT molecular complexity index is 204. The lowest BCUT2D eigenvalue weighted by Gasteiger charge is -2.33. The van der Waals surface area contributed by atoms with Gasteiger partial charge in [-0.25, -0.2) is 0 Å². The van der Waals surface area contributed by atoms with E-state index in [2.05, 4.69) is 38.3 Å². The molecule has 104 valence electrons. The van der Waals surface area contributed by atoms with Crippen LogP contribution in [-0.4, -0.2) is 47.1 Å². The molecule has 4 N–H and O–H groups in total. The Morgan fingerprint density at radius 1 is 1.00 bits per heavy atom. The third-order valence-electron chi connectivity index (χ3n) is 2.97. The molecule has 0 aromatic rings. The fraction of sp³-hybridized carbons (Fsp3) is 1.00. The number of hydrogen-bond donors (Lipinski definition) is 4. The third-order valence-corrected chi connectivity index (χ3v) is 2.97. The third kappa shape index (κ3) is 9.53. The molecule has 0 aliphatic rings. The summed E-state index contributed by atoms with van der Waals surface area (Å²) in [7, 11) is 0. The molecular weight excluding hydrogens is 216 g/mol. The quantitative estimate of drug-likeness (QED) is 0.487. The highest BCUT2D eigenvalue weighted by Crippen LogP contribution is 2.18. The maximum atomic E-state index is 9.26. The van der Waals surface area contributed by atoms with Gasteiger partial charge in [0, 0.05) is 24.2 Å². The number of hydrogen-bond acceptors (Lipinski definition) is 4. The molecule has 0 aliphatic carbocycles. The minimum atomic E-state index is -0.310. The summed E-state index contributed by atoms with van der Waals surface area (Å²) in [4.78, 5) is 0. The summed E-state index contributed by atoms with van der Waals surface area (Å²) in [5.41, 5.74) is 0.0572. The molecule has 0 spiro atoms. The van der Waals surface area contributed by atoms with Crippen molar-refractivity contribution >= 4 is 0 Å². The molecule has 0 bridgehead atoms. The monoisotopic (exact) mass is 246 g/mol. The number of aliphatic hydroxyl groups excluding tert-OH is 2. The van der Waals surface area contributed by atoms with Crippen LogP contribution in [-0.2, 0) is 0 Å². The zero-order chi connectivity index (χ0) is 13.5. The first kappa shape index (κ1) is 16.8. The second-order valence-corrected chi connectivity index (χ2v) is 6.15. The van der Waals surface area contributed by atoms with Gasteiger partial charge in [-0.1, -0.05) is 0 Å². The molecule has 1 atom stereocenters. The van der Waals surface area contributed by atoms with Crippen molar-refractivity contribution in [3.05, 3.63) is 0 Å². The van der Waals surface area contributed by atoms with Crippen LogP contribution >= 0.6 is 0 Å². The van der Waals surface area contributed by atoms with Crippen LogP contribution in [0.2, 0.25) is 0 Å². The van der Waals surface area contributed by atoms with Crippen LogP contribution in [0.25, 0.3) is 0 Å². The number of nitrogens with one attached hydrogen (secondary N) is 2. The Balaban J connectivity index is 3.98. The maximum absolute atomic E-state index is 9.26. The van der Waals surface area contributed by atoms with Crippen LogP contribution in [0.5, 0.6) is 0 Å². The molecule has 0 heterocycles. The van der Waals surface area contributed by atoms with Gasteiger partial charge < -0.3 is 20.8 Å². The molecule has 0 radical (unpaired) electrons. The van der Waals surface area contributed by atoms with E-state index < -0.39 is 0 Å². The van der Waals surface area contributed by atoms with E-state index in [9.17, 15) is 5.11 Å². The highest BCUT2D eigenvalue weighted by atomic mass is 16.3. The highest BCUT2D eigenvalue weighted by Gasteiger charge is 2.23.